The maximum Gasteiger partial charge on any atom is 0.220 e. The third-order valence-electron chi connectivity index (χ3n) is 6.08. The Morgan fingerprint density at radius 2 is 1.68 bits per heavy atom. The number of hydrogen-bond donors (Lipinski definition) is 0. The number of rotatable bonds is 5. The van der Waals surface area contributed by atoms with Crippen molar-refractivity contribution in [3.05, 3.63) is 107 Å². The van der Waals surface area contributed by atoms with E-state index in [9.17, 15) is 14.8 Å². The van der Waals surface area contributed by atoms with Crippen LogP contribution < -0.4 is 9.86 Å². The fourth-order valence-electron chi connectivity index (χ4n) is 4.35. The lowest BCUT2D eigenvalue weighted by atomic mass is 9.90. The fraction of sp³-hybridized carbons (Fsp3) is 0.120. The van der Waals surface area contributed by atoms with Gasteiger partial charge < -0.3 is 19.4 Å². The molecule has 0 unspecified atom stereocenters. The summed E-state index contributed by atoms with van der Waals surface area (Å²) >= 11 is 0. The molecule has 2 aliphatic rings. The van der Waals surface area contributed by atoms with Gasteiger partial charge in [-0.3, -0.25) is 9.59 Å². The van der Waals surface area contributed by atoms with E-state index in [4.69, 9.17) is 4.42 Å². The molecule has 34 heavy (non-hydrogen) atoms. The van der Waals surface area contributed by atoms with Crippen LogP contribution in [0.4, 0.5) is 5.69 Å². The van der Waals surface area contributed by atoms with Gasteiger partial charge in [0, 0.05) is 69.7 Å². The number of carbonyl (C=O) groups excluding carboxylic acids is 2. The van der Waals surface area contributed by atoms with Gasteiger partial charge in [0.15, 0.2) is 5.69 Å². The van der Waals surface area contributed by atoms with Crippen molar-refractivity contribution in [3.63, 3.8) is 0 Å². The topological polar surface area (TPSA) is 98.5 Å². The van der Waals surface area contributed by atoms with Crippen molar-refractivity contribution >= 4 is 28.2 Å². The minimum atomic E-state index is -0.400. The van der Waals surface area contributed by atoms with Crippen molar-refractivity contribution in [2.75, 3.05) is 11.4 Å². The number of aromatic nitrogens is 3. The molecule has 0 N–H and O–H groups in total. The predicted octanol–water partition coefficient (Wildman–Crippen LogP) is 3.19. The molecule has 9 nitrogen and oxygen atoms in total. The number of nitrogens with zero attached hydrogens (tertiary/aromatic N) is 5. The molecule has 0 atom stereocenters. The first kappa shape index (κ1) is 20.0. The Labute approximate surface area is 194 Å². The van der Waals surface area contributed by atoms with Crippen molar-refractivity contribution < 1.29 is 19.0 Å². The minimum Gasteiger partial charge on any atom is -0.571 e. The molecular weight excluding hydrogens is 434 g/mol. The predicted molar refractivity (Wildman–Crippen MR) is 123 cm³/mol. The molecule has 2 aromatic carbocycles. The largest absolute Gasteiger partial charge is 0.571 e. The third kappa shape index (κ3) is 3.17. The summed E-state index contributed by atoms with van der Waals surface area (Å²) in [6, 6.07) is 14.5. The Morgan fingerprint density at radius 3 is 2.47 bits per heavy atom. The van der Waals surface area contributed by atoms with E-state index in [0.717, 1.165) is 16.7 Å². The average Bonchev–Trinajstić information content (AvgIpc) is 3.47. The average molecular weight is 453 g/mol. The molecule has 0 bridgehead atoms. The number of ketones is 2. The molecule has 1 aliphatic carbocycles. The van der Waals surface area contributed by atoms with Gasteiger partial charge in [0.05, 0.1) is 12.8 Å². The lowest BCUT2D eigenvalue weighted by molar-refractivity contribution is -0.749. The van der Waals surface area contributed by atoms with E-state index in [0.29, 0.717) is 23.5 Å². The van der Waals surface area contributed by atoms with Crippen LogP contribution in [-0.4, -0.2) is 32.8 Å². The summed E-state index contributed by atoms with van der Waals surface area (Å²) in [6.45, 7) is 0.869. The number of benzene rings is 2. The molecule has 2 aromatic heterocycles. The number of fused-ring (bicyclic) bond motifs is 3. The molecule has 4 aromatic rings. The van der Waals surface area contributed by atoms with Crippen LogP contribution in [0.15, 0.2) is 84.0 Å². The number of furan rings is 1. The van der Waals surface area contributed by atoms with Crippen LogP contribution in [0.1, 0.15) is 38.5 Å². The molecule has 0 saturated carbocycles. The van der Waals surface area contributed by atoms with Crippen LogP contribution in [-0.2, 0) is 6.54 Å². The van der Waals surface area contributed by atoms with Crippen LogP contribution in [0.5, 0.6) is 0 Å². The lowest BCUT2D eigenvalue weighted by Crippen LogP contribution is -2.41. The van der Waals surface area contributed by atoms with Gasteiger partial charge in [-0.1, -0.05) is 24.3 Å². The van der Waals surface area contributed by atoms with E-state index in [2.05, 4.69) is 5.10 Å². The molecular formula is C25H19N5O4. The first-order valence-corrected chi connectivity index (χ1v) is 10.9. The molecule has 0 spiro atoms. The Morgan fingerprint density at radius 1 is 0.912 bits per heavy atom. The zero-order chi connectivity index (χ0) is 23.2. The Hall–Kier alpha value is -4.66. The number of hydrogen-bond acceptors (Lipinski definition) is 7. The van der Waals surface area contributed by atoms with E-state index in [1.165, 1.54) is 4.68 Å². The van der Waals surface area contributed by atoms with Crippen molar-refractivity contribution in [3.8, 4) is 0 Å². The third-order valence-corrected chi connectivity index (χ3v) is 6.08. The first-order chi connectivity index (χ1) is 16.6. The monoisotopic (exact) mass is 453 g/mol. The second-order valence-corrected chi connectivity index (χ2v) is 8.11. The highest BCUT2D eigenvalue weighted by atomic mass is 16.5. The van der Waals surface area contributed by atoms with Crippen LogP contribution >= 0.6 is 0 Å². The second-order valence-electron chi connectivity index (χ2n) is 8.11. The minimum absolute atomic E-state index is 0.0583. The van der Waals surface area contributed by atoms with E-state index in [1.807, 2.05) is 58.9 Å². The molecule has 0 radical (unpaired) electrons. The molecule has 0 amide bonds. The summed E-state index contributed by atoms with van der Waals surface area (Å²) in [4.78, 5) is 30.0. The Balaban J connectivity index is 1.13. The van der Waals surface area contributed by atoms with Crippen molar-refractivity contribution in [2.45, 2.75) is 13.0 Å². The highest BCUT2D eigenvalue weighted by Gasteiger charge is 2.38. The second kappa shape index (κ2) is 7.73. The zero-order valence-electron chi connectivity index (χ0n) is 18.0. The van der Waals surface area contributed by atoms with E-state index >= 15 is 0 Å². The van der Waals surface area contributed by atoms with Crippen molar-refractivity contribution in [1.29, 1.82) is 0 Å². The fourth-order valence-corrected chi connectivity index (χ4v) is 4.35. The maximum absolute atomic E-state index is 13.0. The van der Waals surface area contributed by atoms with Crippen LogP contribution in [0.2, 0.25) is 0 Å². The summed E-state index contributed by atoms with van der Waals surface area (Å²) in [5, 5.41) is 17.3. The Kier molecular flexibility index (Phi) is 4.54. The SMILES string of the molecule is O=C1c2ccccc2C(=O)c2c1n[n+]([O-])n2CCCN1C=CN(c2ccc3ccoc3c2)C=C1. The first-order valence-electron chi connectivity index (χ1n) is 10.9. The van der Waals surface area contributed by atoms with Gasteiger partial charge in [-0.25, -0.2) is 0 Å². The number of carbonyl (C=O) groups is 2. The highest BCUT2D eigenvalue weighted by molar-refractivity contribution is 6.26. The molecule has 9 heteroatoms. The highest BCUT2D eigenvalue weighted by Crippen LogP contribution is 2.26. The van der Waals surface area contributed by atoms with Crippen molar-refractivity contribution in [2.24, 2.45) is 0 Å². The molecule has 3 heterocycles. The number of anilines is 1. The van der Waals surface area contributed by atoms with E-state index < -0.39 is 5.78 Å². The normalized spacial score (nSPS) is 14.7. The van der Waals surface area contributed by atoms with E-state index in [-0.39, 0.29) is 29.3 Å². The molecule has 0 saturated heterocycles. The summed E-state index contributed by atoms with van der Waals surface area (Å²) in [6.07, 6.45) is 9.99. The molecule has 168 valence electrons. The molecule has 0 fully saturated rings. The van der Waals surface area contributed by atoms with Crippen LogP contribution in [0, 0.1) is 5.21 Å². The maximum atomic E-state index is 13.0. The smallest absolute Gasteiger partial charge is 0.220 e. The van der Waals surface area contributed by atoms with Gasteiger partial charge in [-0.15, -0.1) is 4.68 Å². The zero-order valence-corrected chi connectivity index (χ0v) is 18.0. The van der Waals surface area contributed by atoms with Crippen LogP contribution in [0.25, 0.3) is 11.0 Å². The van der Waals surface area contributed by atoms with Gasteiger partial charge >= 0.3 is 0 Å². The summed E-state index contributed by atoms with van der Waals surface area (Å²) in [5.74, 6) is -0.752. The quantitative estimate of drug-likeness (QED) is 0.298. The standard InChI is InChI=1S/C25H19N5O4/c31-24-19-4-1-2-5-20(19)25(32)23-22(24)26-30(33)29(23)10-3-9-27-11-13-28(14-12-27)18-7-6-17-8-15-34-21(17)16-18/h1-2,4-8,11-16H,3,9-10H2. The van der Waals surface area contributed by atoms with E-state index in [1.54, 1.807) is 30.5 Å². The van der Waals surface area contributed by atoms with Crippen LogP contribution in [0.3, 0.4) is 0 Å². The van der Waals surface area contributed by atoms with Gasteiger partial charge in [0.25, 0.3) is 0 Å². The summed E-state index contributed by atoms with van der Waals surface area (Å²) in [5.41, 5.74) is 2.37. The van der Waals surface area contributed by atoms with Crippen molar-refractivity contribution in [1.82, 2.24) is 14.7 Å². The van der Waals surface area contributed by atoms with Gasteiger partial charge in [0.2, 0.25) is 17.3 Å². The summed E-state index contributed by atoms with van der Waals surface area (Å²) in [7, 11) is 0. The summed E-state index contributed by atoms with van der Waals surface area (Å²) < 4.78 is 6.72. The molecule has 6 rings (SSSR count). The Bertz CT molecular complexity index is 1500. The lowest BCUT2D eigenvalue weighted by Gasteiger charge is -2.25. The molecule has 1 aliphatic heterocycles. The van der Waals surface area contributed by atoms with Gasteiger partial charge in [-0.05, 0) is 24.6 Å². The van der Waals surface area contributed by atoms with Gasteiger partial charge in [-0.2, -0.15) is 0 Å². The van der Waals surface area contributed by atoms with Gasteiger partial charge in [0.1, 0.15) is 5.58 Å².